The quantitative estimate of drug-likeness (QED) is 0.287. The minimum Gasteiger partial charge on any atom is -0.490 e. The number of ether oxygens (including phenoxy) is 3. The molecule has 216 valence electrons. The standard InChI is InChI=1S/C34H45NO5/c1-9-12-22-16-23(17-28(39-11-3)32(22)40-14-10-2)29-30-24(18-33(4,5)20-26(30)36)35(13-15-38-8)25-19-34(6,7)21-27(37)31(25)29/h9-10,16-17,29H,1-2,11-15,18-21H2,3-8H3. The predicted octanol–water partition coefficient (Wildman–Crippen LogP) is 6.71. The van der Waals surface area contributed by atoms with Crippen molar-refractivity contribution in [3.05, 3.63) is 71.1 Å². The van der Waals surface area contributed by atoms with Crippen LogP contribution in [0.3, 0.4) is 0 Å². The lowest BCUT2D eigenvalue weighted by molar-refractivity contribution is -0.119. The highest BCUT2D eigenvalue weighted by molar-refractivity contribution is 6.06. The van der Waals surface area contributed by atoms with E-state index in [0.717, 1.165) is 46.5 Å². The fraction of sp³-hybridized carbons (Fsp3) is 0.529. The number of allylic oxidation sites excluding steroid dienone is 5. The third-order valence-electron chi connectivity index (χ3n) is 8.04. The summed E-state index contributed by atoms with van der Waals surface area (Å²) in [5.74, 6) is 1.03. The van der Waals surface area contributed by atoms with Gasteiger partial charge in [-0.3, -0.25) is 9.59 Å². The number of ketones is 2. The van der Waals surface area contributed by atoms with Crippen LogP contribution in [0.25, 0.3) is 0 Å². The molecule has 1 aromatic carbocycles. The van der Waals surface area contributed by atoms with E-state index in [1.807, 2.05) is 19.1 Å². The van der Waals surface area contributed by atoms with Crippen molar-refractivity contribution in [3.8, 4) is 11.5 Å². The van der Waals surface area contributed by atoms with Crippen molar-refractivity contribution in [2.45, 2.75) is 72.6 Å². The van der Waals surface area contributed by atoms with Gasteiger partial charge in [0.05, 0.1) is 13.2 Å². The molecule has 0 atom stereocenters. The van der Waals surface area contributed by atoms with Gasteiger partial charge in [0.25, 0.3) is 0 Å². The summed E-state index contributed by atoms with van der Waals surface area (Å²) < 4.78 is 17.7. The Bertz CT molecular complexity index is 1210. The number of carbonyl (C=O) groups is 2. The lowest BCUT2D eigenvalue weighted by Crippen LogP contribution is -2.45. The van der Waals surface area contributed by atoms with Crippen LogP contribution >= 0.6 is 0 Å². The molecule has 0 saturated carbocycles. The first-order valence-corrected chi connectivity index (χ1v) is 14.4. The van der Waals surface area contributed by atoms with Crippen LogP contribution in [-0.2, 0) is 20.7 Å². The SMILES string of the molecule is C=CCOc1c(CC=C)cc(C2C3=C(CC(C)(C)CC3=O)N(CCOC)C3=C2C(=O)CC(C)(C)C3)cc1OCC. The van der Waals surface area contributed by atoms with Gasteiger partial charge in [-0.05, 0) is 48.6 Å². The fourth-order valence-electron chi connectivity index (χ4n) is 6.56. The van der Waals surface area contributed by atoms with Crippen LogP contribution in [0.15, 0.2) is 60.0 Å². The first-order valence-electron chi connectivity index (χ1n) is 14.4. The number of benzene rings is 1. The van der Waals surface area contributed by atoms with Gasteiger partial charge >= 0.3 is 0 Å². The van der Waals surface area contributed by atoms with Crippen molar-refractivity contribution in [2.24, 2.45) is 10.8 Å². The summed E-state index contributed by atoms with van der Waals surface area (Å²) in [5.41, 5.74) is 5.00. The number of hydrogen-bond acceptors (Lipinski definition) is 6. The maximum absolute atomic E-state index is 14.1. The third-order valence-corrected chi connectivity index (χ3v) is 8.04. The smallest absolute Gasteiger partial charge is 0.165 e. The lowest BCUT2D eigenvalue weighted by atomic mass is 9.63. The molecule has 0 spiro atoms. The average molecular weight is 548 g/mol. The fourth-order valence-corrected chi connectivity index (χ4v) is 6.56. The van der Waals surface area contributed by atoms with E-state index < -0.39 is 5.92 Å². The number of methoxy groups -OCH3 is 1. The molecule has 0 fully saturated rings. The van der Waals surface area contributed by atoms with Gasteiger partial charge in [0.2, 0.25) is 0 Å². The second-order valence-corrected chi connectivity index (χ2v) is 12.7. The number of nitrogens with zero attached hydrogens (tertiary/aromatic N) is 1. The van der Waals surface area contributed by atoms with Crippen LogP contribution in [0.5, 0.6) is 11.5 Å². The zero-order valence-corrected chi connectivity index (χ0v) is 25.2. The predicted molar refractivity (Wildman–Crippen MR) is 159 cm³/mol. The van der Waals surface area contributed by atoms with E-state index in [0.29, 0.717) is 57.1 Å². The van der Waals surface area contributed by atoms with Crippen molar-refractivity contribution in [2.75, 3.05) is 33.5 Å². The molecule has 1 aliphatic heterocycles. The molecule has 1 aromatic rings. The summed E-state index contributed by atoms with van der Waals surface area (Å²) in [6.07, 6.45) is 6.52. The number of hydrogen-bond donors (Lipinski definition) is 0. The lowest BCUT2D eigenvalue weighted by Gasteiger charge is -2.49. The van der Waals surface area contributed by atoms with Crippen molar-refractivity contribution in [1.82, 2.24) is 4.90 Å². The summed E-state index contributed by atoms with van der Waals surface area (Å²) in [7, 11) is 1.69. The summed E-state index contributed by atoms with van der Waals surface area (Å²) >= 11 is 0. The largest absolute Gasteiger partial charge is 0.490 e. The number of Topliss-reactive ketones (excluding diaryl/α,β-unsaturated/α-hetero) is 2. The molecule has 1 heterocycles. The zero-order chi connectivity index (χ0) is 29.2. The molecule has 0 aromatic heterocycles. The average Bonchev–Trinajstić information content (AvgIpc) is 2.85. The maximum atomic E-state index is 14.1. The molecule has 2 aliphatic carbocycles. The van der Waals surface area contributed by atoms with Crippen LogP contribution in [0, 0.1) is 10.8 Å². The third kappa shape index (κ3) is 5.83. The van der Waals surface area contributed by atoms with Gasteiger partial charge in [-0.25, -0.2) is 0 Å². The zero-order valence-electron chi connectivity index (χ0n) is 25.2. The van der Waals surface area contributed by atoms with Crippen LogP contribution < -0.4 is 9.47 Å². The minimum atomic E-state index is -0.452. The van der Waals surface area contributed by atoms with Crippen LogP contribution in [0.1, 0.15) is 77.3 Å². The van der Waals surface area contributed by atoms with E-state index in [2.05, 4.69) is 51.8 Å². The Kier molecular flexibility index (Phi) is 8.79. The molecule has 40 heavy (non-hydrogen) atoms. The summed E-state index contributed by atoms with van der Waals surface area (Å²) in [6, 6.07) is 4.05. The Hall–Kier alpha value is -3.12. The number of carbonyl (C=O) groups excluding carboxylic acids is 2. The van der Waals surface area contributed by atoms with E-state index in [4.69, 9.17) is 14.2 Å². The van der Waals surface area contributed by atoms with E-state index in [9.17, 15) is 9.59 Å². The Morgan fingerprint density at radius 3 is 2.02 bits per heavy atom. The van der Waals surface area contributed by atoms with Crippen molar-refractivity contribution < 1.29 is 23.8 Å². The van der Waals surface area contributed by atoms with Gasteiger partial charge < -0.3 is 19.1 Å². The van der Waals surface area contributed by atoms with Crippen LogP contribution in [0.2, 0.25) is 0 Å². The second-order valence-electron chi connectivity index (χ2n) is 12.7. The van der Waals surface area contributed by atoms with Gasteiger partial charge in [0, 0.05) is 60.5 Å². The molecule has 0 bridgehead atoms. The molecule has 0 amide bonds. The summed E-state index contributed by atoms with van der Waals surface area (Å²) in [6.45, 7) is 20.2. The highest BCUT2D eigenvalue weighted by Gasteiger charge is 2.49. The highest BCUT2D eigenvalue weighted by Crippen LogP contribution is 2.55. The van der Waals surface area contributed by atoms with Gasteiger partial charge in [-0.2, -0.15) is 0 Å². The van der Waals surface area contributed by atoms with Gasteiger partial charge in [0.15, 0.2) is 23.1 Å². The molecule has 0 saturated heterocycles. The Balaban J connectivity index is 2.02. The molecule has 6 nitrogen and oxygen atoms in total. The molecular formula is C34H45NO5. The van der Waals surface area contributed by atoms with Gasteiger partial charge in [-0.15, -0.1) is 6.58 Å². The Labute approximate surface area is 239 Å². The molecule has 0 unspecified atom stereocenters. The molecule has 0 radical (unpaired) electrons. The number of rotatable bonds is 11. The Morgan fingerprint density at radius 2 is 1.52 bits per heavy atom. The monoisotopic (exact) mass is 547 g/mol. The van der Waals surface area contributed by atoms with Crippen molar-refractivity contribution >= 4 is 11.6 Å². The minimum absolute atomic E-state index is 0.109. The van der Waals surface area contributed by atoms with Crippen LogP contribution in [-0.4, -0.2) is 49.9 Å². The Morgan fingerprint density at radius 1 is 0.925 bits per heavy atom. The first-order chi connectivity index (χ1) is 19.0. The normalized spacial score (nSPS) is 20.3. The van der Waals surface area contributed by atoms with E-state index >= 15 is 0 Å². The maximum Gasteiger partial charge on any atom is 0.165 e. The molecular weight excluding hydrogens is 502 g/mol. The van der Waals surface area contributed by atoms with E-state index in [-0.39, 0.29) is 22.4 Å². The topological polar surface area (TPSA) is 65.1 Å². The molecule has 0 N–H and O–H groups in total. The first kappa shape index (κ1) is 29.9. The van der Waals surface area contributed by atoms with Gasteiger partial charge in [0.1, 0.15) is 6.61 Å². The molecule has 4 rings (SSSR count). The van der Waals surface area contributed by atoms with E-state index in [1.165, 1.54) is 0 Å². The van der Waals surface area contributed by atoms with Crippen LogP contribution in [0.4, 0.5) is 0 Å². The van der Waals surface area contributed by atoms with Crippen molar-refractivity contribution in [3.63, 3.8) is 0 Å². The highest BCUT2D eigenvalue weighted by atomic mass is 16.5. The van der Waals surface area contributed by atoms with Crippen molar-refractivity contribution in [1.29, 1.82) is 0 Å². The molecule has 6 heteroatoms. The summed E-state index contributed by atoms with van der Waals surface area (Å²) in [5, 5.41) is 0. The van der Waals surface area contributed by atoms with Gasteiger partial charge in [-0.1, -0.05) is 52.5 Å². The van der Waals surface area contributed by atoms with E-state index in [1.54, 1.807) is 13.2 Å². The molecule has 3 aliphatic rings. The second kappa shape index (κ2) is 11.8. The summed E-state index contributed by atoms with van der Waals surface area (Å²) in [4.78, 5) is 30.4.